The molecule has 29 heavy (non-hydrogen) atoms. The Morgan fingerprint density at radius 1 is 1.17 bits per heavy atom. The number of carbonyl (C=O) groups is 1. The predicted octanol–water partition coefficient (Wildman–Crippen LogP) is 5.59. The van der Waals surface area contributed by atoms with Crippen LogP contribution in [0.25, 0.3) is 11.1 Å². The van der Waals surface area contributed by atoms with Crippen molar-refractivity contribution in [3.05, 3.63) is 75.2 Å². The third kappa shape index (κ3) is 3.92. The number of thiazole rings is 1. The van der Waals surface area contributed by atoms with E-state index in [1.165, 1.54) is 23.5 Å². The van der Waals surface area contributed by atoms with Crippen molar-refractivity contribution in [2.45, 2.75) is 32.5 Å². The number of fused-ring (bicyclic) bond motifs is 1. The average molecular weight is 416 g/mol. The summed E-state index contributed by atoms with van der Waals surface area (Å²) in [5.41, 5.74) is 3.61. The first-order valence-corrected chi connectivity index (χ1v) is 10.3. The first-order chi connectivity index (χ1) is 13.9. The van der Waals surface area contributed by atoms with Gasteiger partial charge in [-0.25, -0.2) is 4.98 Å². The summed E-state index contributed by atoms with van der Waals surface area (Å²) in [6.45, 7) is 3.04. The van der Waals surface area contributed by atoms with Crippen LogP contribution in [0, 0.1) is 0 Å². The molecule has 1 aliphatic heterocycles. The highest BCUT2D eigenvalue weighted by Gasteiger charge is 2.30. The zero-order valence-electron chi connectivity index (χ0n) is 15.8. The largest absolute Gasteiger partial charge is 0.416 e. The molecule has 4 rings (SSSR count). The number of nitrogens with zero attached hydrogens (tertiary/aromatic N) is 2. The highest BCUT2D eigenvalue weighted by atomic mass is 32.1. The van der Waals surface area contributed by atoms with E-state index in [1.54, 1.807) is 10.3 Å². The number of amides is 1. The van der Waals surface area contributed by atoms with Crippen LogP contribution in [-0.4, -0.2) is 22.3 Å². The van der Waals surface area contributed by atoms with Crippen molar-refractivity contribution in [3.8, 4) is 11.1 Å². The standard InChI is InChI=1S/C22H19F3N2OS/c1-2-20-26-19(13-29-20)21(28)27-11-10-18-15(12-27)4-3-5-17(18)14-6-8-16(9-7-14)22(23,24)25/h3-9,13H,2,10-12H2,1H3. The molecule has 1 amide bonds. The fraction of sp³-hybridized carbons (Fsp3) is 0.273. The van der Waals surface area contributed by atoms with E-state index in [0.717, 1.165) is 45.8 Å². The van der Waals surface area contributed by atoms with Gasteiger partial charge in [-0.05, 0) is 47.2 Å². The molecule has 0 saturated carbocycles. The quantitative estimate of drug-likeness (QED) is 0.558. The summed E-state index contributed by atoms with van der Waals surface area (Å²) in [6.07, 6.45) is -2.89. The van der Waals surface area contributed by atoms with E-state index < -0.39 is 11.7 Å². The highest BCUT2D eigenvalue weighted by Crippen LogP contribution is 2.34. The Morgan fingerprint density at radius 3 is 2.59 bits per heavy atom. The smallest absolute Gasteiger partial charge is 0.333 e. The van der Waals surface area contributed by atoms with Gasteiger partial charge in [0.15, 0.2) is 0 Å². The molecule has 150 valence electrons. The van der Waals surface area contributed by atoms with Crippen LogP contribution in [0.3, 0.4) is 0 Å². The Hall–Kier alpha value is -2.67. The Kier molecular flexibility index (Phi) is 5.17. The van der Waals surface area contributed by atoms with Gasteiger partial charge >= 0.3 is 6.18 Å². The minimum absolute atomic E-state index is 0.0773. The maximum Gasteiger partial charge on any atom is 0.416 e. The Morgan fingerprint density at radius 2 is 1.93 bits per heavy atom. The minimum Gasteiger partial charge on any atom is -0.333 e. The molecule has 0 saturated heterocycles. The van der Waals surface area contributed by atoms with Crippen LogP contribution in [-0.2, 0) is 25.6 Å². The number of benzene rings is 2. The van der Waals surface area contributed by atoms with Gasteiger partial charge < -0.3 is 4.90 Å². The number of halogens is 3. The molecule has 7 heteroatoms. The van der Waals surface area contributed by atoms with E-state index in [1.807, 2.05) is 25.1 Å². The van der Waals surface area contributed by atoms with E-state index in [2.05, 4.69) is 4.98 Å². The summed E-state index contributed by atoms with van der Waals surface area (Å²) in [7, 11) is 0. The molecule has 0 atom stereocenters. The molecule has 2 heterocycles. The predicted molar refractivity (Wildman–Crippen MR) is 107 cm³/mol. The lowest BCUT2D eigenvalue weighted by Gasteiger charge is -2.30. The second-order valence-corrected chi connectivity index (χ2v) is 7.92. The van der Waals surface area contributed by atoms with E-state index in [0.29, 0.717) is 25.2 Å². The van der Waals surface area contributed by atoms with Gasteiger partial charge in [-0.15, -0.1) is 11.3 Å². The molecule has 0 fully saturated rings. The van der Waals surface area contributed by atoms with Gasteiger partial charge in [0.05, 0.1) is 10.6 Å². The molecule has 0 unspecified atom stereocenters. The highest BCUT2D eigenvalue weighted by molar-refractivity contribution is 7.09. The van der Waals surface area contributed by atoms with Gasteiger partial charge in [-0.2, -0.15) is 13.2 Å². The molecule has 3 aromatic rings. The van der Waals surface area contributed by atoms with Crippen molar-refractivity contribution in [1.29, 1.82) is 0 Å². The molecule has 1 aliphatic rings. The van der Waals surface area contributed by atoms with Crippen LogP contribution in [0.15, 0.2) is 47.8 Å². The summed E-state index contributed by atoms with van der Waals surface area (Å²) >= 11 is 1.49. The van der Waals surface area contributed by atoms with Crippen LogP contribution < -0.4 is 0 Å². The van der Waals surface area contributed by atoms with Crippen molar-refractivity contribution in [2.24, 2.45) is 0 Å². The van der Waals surface area contributed by atoms with Crippen LogP contribution in [0.4, 0.5) is 13.2 Å². The lowest BCUT2D eigenvalue weighted by Crippen LogP contribution is -2.36. The molecule has 3 nitrogen and oxygen atoms in total. The summed E-state index contributed by atoms with van der Waals surface area (Å²) in [5.74, 6) is -0.0773. The number of rotatable bonds is 3. The van der Waals surface area contributed by atoms with Gasteiger partial charge in [-0.3, -0.25) is 4.79 Å². The summed E-state index contributed by atoms with van der Waals surface area (Å²) in [5, 5.41) is 2.74. The first kappa shape index (κ1) is 19.6. The lowest BCUT2D eigenvalue weighted by molar-refractivity contribution is -0.137. The Labute approximate surface area is 170 Å². The Bertz CT molecular complexity index is 1040. The van der Waals surface area contributed by atoms with E-state index in [9.17, 15) is 18.0 Å². The van der Waals surface area contributed by atoms with Crippen LogP contribution in [0.1, 0.15) is 39.1 Å². The van der Waals surface area contributed by atoms with Crippen molar-refractivity contribution in [3.63, 3.8) is 0 Å². The van der Waals surface area contributed by atoms with Crippen molar-refractivity contribution in [1.82, 2.24) is 9.88 Å². The number of aryl methyl sites for hydroxylation is 1. The van der Waals surface area contributed by atoms with E-state index in [4.69, 9.17) is 0 Å². The number of hydrogen-bond donors (Lipinski definition) is 0. The molecule has 0 radical (unpaired) electrons. The molecule has 1 aromatic heterocycles. The Balaban J connectivity index is 1.59. The molecular weight excluding hydrogens is 397 g/mol. The summed E-state index contributed by atoms with van der Waals surface area (Å²) in [6, 6.07) is 11.0. The second kappa shape index (κ2) is 7.63. The molecular formula is C22H19F3N2OS. The average Bonchev–Trinajstić information content (AvgIpc) is 3.21. The monoisotopic (exact) mass is 416 g/mol. The van der Waals surface area contributed by atoms with Gasteiger partial charge in [0.2, 0.25) is 0 Å². The zero-order valence-corrected chi connectivity index (χ0v) is 16.6. The third-order valence-electron chi connectivity index (χ3n) is 5.15. The molecule has 0 N–H and O–H groups in total. The van der Waals surface area contributed by atoms with Gasteiger partial charge in [0.1, 0.15) is 5.69 Å². The fourth-order valence-electron chi connectivity index (χ4n) is 3.63. The van der Waals surface area contributed by atoms with Crippen LogP contribution >= 0.6 is 11.3 Å². The fourth-order valence-corrected chi connectivity index (χ4v) is 4.34. The number of hydrogen-bond acceptors (Lipinski definition) is 3. The third-order valence-corrected chi connectivity index (χ3v) is 6.14. The van der Waals surface area contributed by atoms with Gasteiger partial charge in [0, 0.05) is 18.5 Å². The zero-order chi connectivity index (χ0) is 20.6. The van der Waals surface area contributed by atoms with Crippen molar-refractivity contribution < 1.29 is 18.0 Å². The number of aromatic nitrogens is 1. The normalized spacial score (nSPS) is 14.0. The second-order valence-electron chi connectivity index (χ2n) is 6.98. The van der Waals surface area contributed by atoms with Crippen LogP contribution in [0.2, 0.25) is 0 Å². The van der Waals surface area contributed by atoms with Gasteiger partial charge in [-0.1, -0.05) is 37.3 Å². The van der Waals surface area contributed by atoms with E-state index in [-0.39, 0.29) is 5.91 Å². The topological polar surface area (TPSA) is 33.2 Å². The molecule has 0 bridgehead atoms. The maximum absolute atomic E-state index is 12.8. The summed E-state index contributed by atoms with van der Waals surface area (Å²) < 4.78 is 38.5. The summed E-state index contributed by atoms with van der Waals surface area (Å²) in [4.78, 5) is 19.0. The minimum atomic E-state index is -4.34. The number of carbonyl (C=O) groups excluding carboxylic acids is 1. The van der Waals surface area contributed by atoms with Crippen LogP contribution in [0.5, 0.6) is 0 Å². The molecule has 0 aliphatic carbocycles. The van der Waals surface area contributed by atoms with Crippen molar-refractivity contribution in [2.75, 3.05) is 6.54 Å². The molecule has 2 aromatic carbocycles. The van der Waals surface area contributed by atoms with E-state index >= 15 is 0 Å². The SMILES string of the molecule is CCc1nc(C(=O)N2CCc3c(cccc3-c3ccc(C(F)(F)F)cc3)C2)cs1. The molecule has 0 spiro atoms. The maximum atomic E-state index is 12.8. The number of alkyl halides is 3. The van der Waals surface area contributed by atoms with Crippen molar-refractivity contribution >= 4 is 17.2 Å². The lowest BCUT2D eigenvalue weighted by atomic mass is 9.90. The van der Waals surface area contributed by atoms with Gasteiger partial charge in [0.25, 0.3) is 5.91 Å². The first-order valence-electron chi connectivity index (χ1n) is 9.39.